The third-order valence-electron chi connectivity index (χ3n) is 5.79. The molecule has 2 heterocycles. The number of piperidine rings is 1. The van der Waals surface area contributed by atoms with E-state index in [1.54, 1.807) is 0 Å². The predicted octanol–water partition coefficient (Wildman–Crippen LogP) is 4.24. The zero-order chi connectivity index (χ0) is 21.2. The Kier molecular flexibility index (Phi) is 5.14. The maximum absolute atomic E-state index is 12.7. The highest BCUT2D eigenvalue weighted by Crippen LogP contribution is 2.24. The molecule has 6 nitrogen and oxygen atoms in total. The molecule has 1 fully saturated rings. The van der Waals surface area contributed by atoms with Gasteiger partial charge in [-0.1, -0.05) is 18.2 Å². The van der Waals surface area contributed by atoms with Crippen molar-refractivity contribution in [2.45, 2.75) is 18.9 Å². The van der Waals surface area contributed by atoms with E-state index in [4.69, 9.17) is 0 Å². The molecule has 31 heavy (non-hydrogen) atoms. The third-order valence-corrected chi connectivity index (χ3v) is 5.79. The molecule has 0 aliphatic carbocycles. The van der Waals surface area contributed by atoms with Crippen molar-refractivity contribution in [3.8, 4) is 5.69 Å². The van der Waals surface area contributed by atoms with Crippen LogP contribution in [0.4, 0.5) is 11.4 Å². The quantitative estimate of drug-likeness (QED) is 0.526. The van der Waals surface area contributed by atoms with Crippen molar-refractivity contribution in [2.24, 2.45) is 0 Å². The summed E-state index contributed by atoms with van der Waals surface area (Å²) in [5.74, 6) is -0.143. The number of carbonyl (C=O) groups excluding carboxylic acids is 1. The molecule has 1 amide bonds. The van der Waals surface area contributed by atoms with Gasteiger partial charge in [0.25, 0.3) is 5.91 Å². The van der Waals surface area contributed by atoms with Crippen molar-refractivity contribution in [3.63, 3.8) is 0 Å². The minimum atomic E-state index is -0.196. The number of fused-ring (bicyclic) bond motifs is 1. The van der Waals surface area contributed by atoms with Crippen LogP contribution in [0.3, 0.4) is 0 Å². The number of hydrogen-bond acceptors (Lipinski definition) is 4. The number of aliphatic hydroxyl groups excluding tert-OH is 1. The molecule has 5 rings (SSSR count). The largest absolute Gasteiger partial charge is 0.393 e. The summed E-state index contributed by atoms with van der Waals surface area (Å²) in [5, 5.41) is 18.1. The number of carbonyl (C=O) groups is 1. The third kappa shape index (κ3) is 4.02. The number of nitrogens with zero attached hydrogens (tertiary/aromatic N) is 3. The maximum atomic E-state index is 12.7. The fraction of sp³-hybridized carbons (Fsp3) is 0.200. The lowest BCUT2D eigenvalue weighted by Crippen LogP contribution is -2.35. The molecule has 1 saturated heterocycles. The van der Waals surface area contributed by atoms with E-state index < -0.39 is 0 Å². The van der Waals surface area contributed by atoms with Crippen LogP contribution in [-0.2, 0) is 0 Å². The minimum Gasteiger partial charge on any atom is -0.393 e. The summed E-state index contributed by atoms with van der Waals surface area (Å²) in [6.07, 6.45) is 3.18. The number of nitrogens with one attached hydrogen (secondary N) is 1. The van der Waals surface area contributed by atoms with E-state index in [2.05, 4.69) is 15.3 Å². The van der Waals surface area contributed by atoms with E-state index in [1.807, 2.05) is 83.7 Å². The first-order chi connectivity index (χ1) is 15.2. The van der Waals surface area contributed by atoms with Gasteiger partial charge in [0.1, 0.15) is 0 Å². The number of aromatic nitrogens is 2. The van der Waals surface area contributed by atoms with E-state index in [0.717, 1.165) is 53.9 Å². The molecule has 0 saturated carbocycles. The number of para-hydroxylation sites is 1. The van der Waals surface area contributed by atoms with Gasteiger partial charge in [0.05, 0.1) is 23.5 Å². The monoisotopic (exact) mass is 412 g/mol. The molecule has 1 aromatic heterocycles. The second-order valence-electron chi connectivity index (χ2n) is 7.88. The molecule has 4 aromatic rings. The predicted molar refractivity (Wildman–Crippen MR) is 123 cm³/mol. The highest BCUT2D eigenvalue weighted by atomic mass is 16.3. The van der Waals surface area contributed by atoms with Gasteiger partial charge in [-0.3, -0.25) is 4.79 Å². The molecule has 0 bridgehead atoms. The number of anilines is 2. The zero-order valence-electron chi connectivity index (χ0n) is 17.1. The molecule has 156 valence electrons. The van der Waals surface area contributed by atoms with E-state index >= 15 is 0 Å². The Morgan fingerprint density at radius 1 is 0.935 bits per heavy atom. The van der Waals surface area contributed by atoms with Crippen molar-refractivity contribution >= 4 is 28.2 Å². The van der Waals surface area contributed by atoms with Crippen LogP contribution in [0.5, 0.6) is 0 Å². The molecule has 0 atom stereocenters. The summed E-state index contributed by atoms with van der Waals surface area (Å²) in [6, 6.07) is 23.4. The van der Waals surface area contributed by atoms with Crippen LogP contribution >= 0.6 is 0 Å². The average Bonchev–Trinajstić information content (AvgIpc) is 3.23. The molecule has 6 heteroatoms. The number of aliphatic hydroxyl groups is 1. The van der Waals surface area contributed by atoms with Crippen molar-refractivity contribution < 1.29 is 9.90 Å². The van der Waals surface area contributed by atoms with Crippen molar-refractivity contribution in [1.82, 2.24) is 9.78 Å². The van der Waals surface area contributed by atoms with Crippen LogP contribution in [0.25, 0.3) is 16.6 Å². The van der Waals surface area contributed by atoms with E-state index in [1.165, 1.54) is 0 Å². The molecule has 2 N–H and O–H groups in total. The van der Waals surface area contributed by atoms with Gasteiger partial charge in [0.15, 0.2) is 0 Å². The lowest BCUT2D eigenvalue weighted by atomic mass is 10.1. The molecule has 3 aromatic carbocycles. The fourth-order valence-electron chi connectivity index (χ4n) is 4.04. The zero-order valence-corrected chi connectivity index (χ0v) is 17.1. The lowest BCUT2D eigenvalue weighted by molar-refractivity contribution is 0.102. The van der Waals surface area contributed by atoms with Gasteiger partial charge in [-0.2, -0.15) is 5.10 Å². The molecular weight excluding hydrogens is 388 g/mol. The molecular formula is C25H24N4O2. The first-order valence-electron chi connectivity index (χ1n) is 10.5. The van der Waals surface area contributed by atoms with Crippen molar-refractivity contribution in [1.29, 1.82) is 0 Å². The maximum Gasteiger partial charge on any atom is 0.255 e. The van der Waals surface area contributed by atoms with Crippen LogP contribution in [-0.4, -0.2) is 40.0 Å². The smallest absolute Gasteiger partial charge is 0.255 e. The summed E-state index contributed by atoms with van der Waals surface area (Å²) in [4.78, 5) is 15.0. The van der Waals surface area contributed by atoms with E-state index in [-0.39, 0.29) is 12.0 Å². The van der Waals surface area contributed by atoms with Crippen LogP contribution in [0.15, 0.2) is 79.0 Å². The van der Waals surface area contributed by atoms with Crippen LogP contribution in [0.2, 0.25) is 0 Å². The Balaban J connectivity index is 1.30. The van der Waals surface area contributed by atoms with Gasteiger partial charge in [-0.05, 0) is 67.4 Å². The molecule has 1 aliphatic rings. The average molecular weight is 412 g/mol. The first-order valence-corrected chi connectivity index (χ1v) is 10.5. The van der Waals surface area contributed by atoms with Crippen LogP contribution < -0.4 is 10.2 Å². The van der Waals surface area contributed by atoms with E-state index in [0.29, 0.717) is 5.56 Å². The van der Waals surface area contributed by atoms with Crippen molar-refractivity contribution in [2.75, 3.05) is 23.3 Å². The van der Waals surface area contributed by atoms with Gasteiger partial charge in [0, 0.05) is 35.4 Å². The summed E-state index contributed by atoms with van der Waals surface area (Å²) in [6.45, 7) is 1.67. The molecule has 0 spiro atoms. The Bertz CT molecular complexity index is 1190. The van der Waals surface area contributed by atoms with Crippen LogP contribution in [0.1, 0.15) is 23.2 Å². The lowest BCUT2D eigenvalue weighted by Gasteiger charge is -2.31. The topological polar surface area (TPSA) is 70.4 Å². The summed E-state index contributed by atoms with van der Waals surface area (Å²) in [7, 11) is 0. The van der Waals surface area contributed by atoms with Gasteiger partial charge in [-0.15, -0.1) is 0 Å². The standard InChI is InChI=1S/C25H24N4O2/c30-23-12-14-28(15-13-23)21-9-6-18(7-10-21)25(31)27-20-8-11-24-19(16-20)17-26-29(24)22-4-2-1-3-5-22/h1-11,16-17,23,30H,12-15H2,(H,27,31). The SMILES string of the molecule is O=C(Nc1ccc2c(cnn2-c2ccccc2)c1)c1ccc(N2CCC(O)CC2)cc1. The molecule has 0 radical (unpaired) electrons. The normalized spacial score (nSPS) is 14.7. The van der Waals surface area contributed by atoms with Gasteiger partial charge >= 0.3 is 0 Å². The second kappa shape index (κ2) is 8.24. The number of rotatable bonds is 4. The van der Waals surface area contributed by atoms with E-state index in [9.17, 15) is 9.90 Å². The summed E-state index contributed by atoms with van der Waals surface area (Å²) >= 11 is 0. The fourth-order valence-corrected chi connectivity index (χ4v) is 4.04. The van der Waals surface area contributed by atoms with Crippen LogP contribution in [0, 0.1) is 0 Å². The Morgan fingerprint density at radius 2 is 1.68 bits per heavy atom. The van der Waals surface area contributed by atoms with Gasteiger partial charge in [0.2, 0.25) is 0 Å². The Hall–Kier alpha value is -3.64. The summed E-state index contributed by atoms with van der Waals surface area (Å²) < 4.78 is 1.89. The summed E-state index contributed by atoms with van der Waals surface area (Å²) in [5.41, 5.74) is 4.41. The van der Waals surface area contributed by atoms with Gasteiger partial charge < -0.3 is 15.3 Å². The number of benzene rings is 3. The molecule has 0 unspecified atom stereocenters. The number of amides is 1. The first kappa shape index (κ1) is 19.3. The highest BCUT2D eigenvalue weighted by molar-refractivity contribution is 6.05. The molecule has 1 aliphatic heterocycles. The van der Waals surface area contributed by atoms with Crippen molar-refractivity contribution in [3.05, 3.63) is 84.6 Å². The second-order valence-corrected chi connectivity index (χ2v) is 7.88. The number of hydrogen-bond donors (Lipinski definition) is 2. The minimum absolute atomic E-state index is 0.143. The Labute approximate surface area is 180 Å². The Morgan fingerprint density at radius 3 is 2.42 bits per heavy atom. The highest BCUT2D eigenvalue weighted by Gasteiger charge is 2.17. The van der Waals surface area contributed by atoms with Gasteiger partial charge in [-0.25, -0.2) is 4.68 Å².